The lowest BCUT2D eigenvalue weighted by Crippen LogP contribution is -2.45. The van der Waals surface area contributed by atoms with Gasteiger partial charge in [0.1, 0.15) is 0 Å². The molecule has 5 nitrogen and oxygen atoms in total. The third-order valence-corrected chi connectivity index (χ3v) is 3.55. The molecule has 112 valence electrons. The van der Waals surface area contributed by atoms with Gasteiger partial charge in [0.05, 0.1) is 12.0 Å². The first kappa shape index (κ1) is 17.9. The summed E-state index contributed by atoms with van der Waals surface area (Å²) >= 11 is 0. The van der Waals surface area contributed by atoms with Crippen molar-refractivity contribution >= 4 is 11.9 Å². The van der Waals surface area contributed by atoms with Crippen LogP contribution in [0.3, 0.4) is 0 Å². The van der Waals surface area contributed by atoms with E-state index in [1.54, 1.807) is 0 Å². The van der Waals surface area contributed by atoms with Gasteiger partial charge in [-0.2, -0.15) is 0 Å². The first-order chi connectivity index (χ1) is 8.84. The Morgan fingerprint density at radius 1 is 1.26 bits per heavy atom. The molecule has 0 radical (unpaired) electrons. The first-order valence-corrected chi connectivity index (χ1v) is 7.10. The predicted molar refractivity (Wildman–Crippen MR) is 75.6 cm³/mol. The van der Waals surface area contributed by atoms with Gasteiger partial charge in [0.25, 0.3) is 0 Å². The second-order valence-electron chi connectivity index (χ2n) is 5.43. The van der Waals surface area contributed by atoms with Gasteiger partial charge in [0.2, 0.25) is 5.91 Å². The molecule has 0 heterocycles. The summed E-state index contributed by atoms with van der Waals surface area (Å²) < 4.78 is 0. The van der Waals surface area contributed by atoms with Crippen molar-refractivity contribution in [3.63, 3.8) is 0 Å². The fourth-order valence-electron chi connectivity index (χ4n) is 2.55. The van der Waals surface area contributed by atoms with Gasteiger partial charge in [0.15, 0.2) is 0 Å². The van der Waals surface area contributed by atoms with Crippen LogP contribution < -0.4 is 11.1 Å². The Balaban J connectivity index is 4.71. The summed E-state index contributed by atoms with van der Waals surface area (Å²) in [6.07, 6.45) is 2.38. The lowest BCUT2D eigenvalue weighted by atomic mass is 9.80. The zero-order chi connectivity index (χ0) is 15.0. The quantitative estimate of drug-likeness (QED) is 0.563. The Hall–Kier alpha value is -1.10. The molecule has 0 saturated heterocycles. The second-order valence-corrected chi connectivity index (χ2v) is 5.43. The van der Waals surface area contributed by atoms with Gasteiger partial charge in [-0.05, 0) is 31.2 Å². The standard InChI is InChI=1S/C14H28N2O3/c1-5-7-10(12(9(3)4)14(18)19)8-16-11(6-2)13(15)17/h9-12,16H,5-8H2,1-4H3,(H2,15,17)(H,18,19)/t10?,11-,12?/m0/s1. The molecular weight excluding hydrogens is 244 g/mol. The predicted octanol–water partition coefficient (Wildman–Crippen LogP) is 1.61. The van der Waals surface area contributed by atoms with Gasteiger partial charge < -0.3 is 16.2 Å². The number of primary amides is 1. The van der Waals surface area contributed by atoms with E-state index in [9.17, 15) is 14.7 Å². The van der Waals surface area contributed by atoms with Crippen LogP contribution in [0.1, 0.15) is 47.0 Å². The van der Waals surface area contributed by atoms with E-state index < -0.39 is 11.9 Å². The van der Waals surface area contributed by atoms with E-state index in [-0.39, 0.29) is 23.8 Å². The van der Waals surface area contributed by atoms with Crippen LogP contribution in [0, 0.1) is 17.8 Å². The fourth-order valence-corrected chi connectivity index (χ4v) is 2.55. The topological polar surface area (TPSA) is 92.4 Å². The Morgan fingerprint density at radius 3 is 2.16 bits per heavy atom. The molecule has 0 aromatic rings. The summed E-state index contributed by atoms with van der Waals surface area (Å²) in [6, 6.07) is -0.374. The summed E-state index contributed by atoms with van der Waals surface area (Å²) in [5.41, 5.74) is 5.29. The van der Waals surface area contributed by atoms with Crippen molar-refractivity contribution in [3.8, 4) is 0 Å². The van der Waals surface area contributed by atoms with E-state index in [1.165, 1.54) is 0 Å². The van der Waals surface area contributed by atoms with Crippen LogP contribution in [-0.4, -0.2) is 29.6 Å². The van der Waals surface area contributed by atoms with Crippen LogP contribution in [0.5, 0.6) is 0 Å². The summed E-state index contributed by atoms with van der Waals surface area (Å²) in [6.45, 7) is 8.29. The summed E-state index contributed by atoms with van der Waals surface area (Å²) in [5, 5.41) is 12.5. The van der Waals surface area contributed by atoms with Crippen molar-refractivity contribution in [1.29, 1.82) is 0 Å². The Labute approximate surface area is 115 Å². The van der Waals surface area contributed by atoms with Crippen LogP contribution in [0.2, 0.25) is 0 Å². The summed E-state index contributed by atoms with van der Waals surface area (Å²) in [4.78, 5) is 22.6. The highest BCUT2D eigenvalue weighted by molar-refractivity contribution is 5.79. The molecule has 0 fully saturated rings. The Kier molecular flexibility index (Phi) is 8.39. The van der Waals surface area contributed by atoms with E-state index in [0.717, 1.165) is 12.8 Å². The van der Waals surface area contributed by atoms with E-state index >= 15 is 0 Å². The van der Waals surface area contributed by atoms with Gasteiger partial charge in [0, 0.05) is 0 Å². The Bertz CT molecular complexity index is 292. The number of carbonyl (C=O) groups excluding carboxylic acids is 1. The van der Waals surface area contributed by atoms with E-state index in [2.05, 4.69) is 5.32 Å². The molecule has 2 unspecified atom stereocenters. The van der Waals surface area contributed by atoms with Crippen LogP contribution in [0.25, 0.3) is 0 Å². The minimum atomic E-state index is -0.762. The zero-order valence-corrected chi connectivity index (χ0v) is 12.5. The van der Waals surface area contributed by atoms with Gasteiger partial charge in [-0.1, -0.05) is 34.1 Å². The largest absolute Gasteiger partial charge is 0.481 e. The summed E-state index contributed by atoms with van der Waals surface area (Å²) in [5.74, 6) is -1.44. The lowest BCUT2D eigenvalue weighted by molar-refractivity contribution is -0.145. The molecule has 0 saturated carbocycles. The molecule has 0 aromatic heterocycles. The highest BCUT2D eigenvalue weighted by Gasteiger charge is 2.30. The molecule has 0 spiro atoms. The highest BCUT2D eigenvalue weighted by atomic mass is 16.4. The van der Waals surface area contributed by atoms with Crippen LogP contribution in [-0.2, 0) is 9.59 Å². The molecular formula is C14H28N2O3. The van der Waals surface area contributed by atoms with E-state index in [4.69, 9.17) is 5.73 Å². The number of hydrogen-bond donors (Lipinski definition) is 3. The molecule has 4 N–H and O–H groups in total. The molecule has 1 amide bonds. The van der Waals surface area contributed by atoms with Crippen LogP contribution >= 0.6 is 0 Å². The van der Waals surface area contributed by atoms with Crippen molar-refractivity contribution in [3.05, 3.63) is 0 Å². The van der Waals surface area contributed by atoms with Crippen molar-refractivity contribution in [1.82, 2.24) is 5.32 Å². The molecule has 0 aliphatic heterocycles. The zero-order valence-electron chi connectivity index (χ0n) is 12.5. The molecule has 0 aliphatic carbocycles. The van der Waals surface area contributed by atoms with Crippen molar-refractivity contribution in [2.45, 2.75) is 53.0 Å². The number of carbonyl (C=O) groups is 2. The molecule has 0 rings (SSSR count). The van der Waals surface area contributed by atoms with Gasteiger partial charge in [-0.15, -0.1) is 0 Å². The number of carboxylic acid groups (broad SMARTS) is 1. The number of rotatable bonds is 10. The molecule has 0 aromatic carbocycles. The smallest absolute Gasteiger partial charge is 0.307 e. The second kappa shape index (κ2) is 8.91. The maximum atomic E-state index is 11.4. The average Bonchev–Trinajstić information content (AvgIpc) is 2.28. The molecule has 19 heavy (non-hydrogen) atoms. The van der Waals surface area contributed by atoms with Crippen LogP contribution in [0.15, 0.2) is 0 Å². The molecule has 3 atom stereocenters. The lowest BCUT2D eigenvalue weighted by Gasteiger charge is -2.28. The van der Waals surface area contributed by atoms with E-state index in [0.29, 0.717) is 13.0 Å². The van der Waals surface area contributed by atoms with Crippen LogP contribution in [0.4, 0.5) is 0 Å². The highest BCUT2D eigenvalue weighted by Crippen LogP contribution is 2.25. The SMILES string of the molecule is CCCC(CN[C@@H](CC)C(N)=O)C(C(=O)O)C(C)C. The van der Waals surface area contributed by atoms with Crippen molar-refractivity contribution in [2.75, 3.05) is 6.54 Å². The summed E-state index contributed by atoms with van der Waals surface area (Å²) in [7, 11) is 0. The molecule has 0 bridgehead atoms. The number of nitrogens with two attached hydrogens (primary N) is 1. The maximum absolute atomic E-state index is 11.4. The monoisotopic (exact) mass is 272 g/mol. The number of hydrogen-bond acceptors (Lipinski definition) is 3. The molecule has 5 heteroatoms. The minimum absolute atomic E-state index is 0.0240. The van der Waals surface area contributed by atoms with Gasteiger partial charge in [-0.25, -0.2) is 0 Å². The Morgan fingerprint density at radius 2 is 1.84 bits per heavy atom. The average molecular weight is 272 g/mol. The number of nitrogens with one attached hydrogen (secondary N) is 1. The third kappa shape index (κ3) is 6.05. The number of aliphatic carboxylic acids is 1. The fraction of sp³-hybridized carbons (Fsp3) is 0.857. The van der Waals surface area contributed by atoms with Crippen molar-refractivity contribution in [2.24, 2.45) is 23.5 Å². The molecule has 0 aliphatic rings. The first-order valence-electron chi connectivity index (χ1n) is 7.10. The number of amides is 1. The minimum Gasteiger partial charge on any atom is -0.481 e. The van der Waals surface area contributed by atoms with E-state index in [1.807, 2.05) is 27.7 Å². The third-order valence-electron chi connectivity index (χ3n) is 3.55. The number of carboxylic acids is 1. The van der Waals surface area contributed by atoms with Gasteiger partial charge >= 0.3 is 5.97 Å². The normalized spacial score (nSPS) is 16.1. The van der Waals surface area contributed by atoms with Gasteiger partial charge in [-0.3, -0.25) is 9.59 Å². The van der Waals surface area contributed by atoms with Crippen molar-refractivity contribution < 1.29 is 14.7 Å². The maximum Gasteiger partial charge on any atom is 0.307 e.